The molecule has 0 aliphatic rings. The minimum absolute atomic E-state index is 0.0837. The molecule has 19 heavy (non-hydrogen) atoms. The number of aliphatic hydroxyl groups excluding tert-OH is 1. The van der Waals surface area contributed by atoms with Crippen LogP contribution in [0.5, 0.6) is 0 Å². The molecule has 2 aromatic carbocycles. The van der Waals surface area contributed by atoms with Crippen LogP contribution < -0.4 is 0 Å². The zero-order valence-electron chi connectivity index (χ0n) is 9.75. The van der Waals surface area contributed by atoms with Crippen LogP contribution in [0.4, 0.5) is 10.1 Å². The standard InChI is InChI=1S/C13H10FNO3S/c14-10-5-3-4-9(8-16)13(10)19-12-7-2-1-6-11(12)15(17)18/h1-7,16H,8H2. The van der Waals surface area contributed by atoms with Gasteiger partial charge in [0.25, 0.3) is 5.69 Å². The predicted molar refractivity (Wildman–Crippen MR) is 69.5 cm³/mol. The van der Waals surface area contributed by atoms with E-state index in [2.05, 4.69) is 0 Å². The largest absolute Gasteiger partial charge is 0.392 e. The molecule has 0 bridgehead atoms. The van der Waals surface area contributed by atoms with E-state index in [1.165, 1.54) is 18.2 Å². The fourth-order valence-electron chi connectivity index (χ4n) is 1.60. The normalized spacial score (nSPS) is 10.4. The van der Waals surface area contributed by atoms with Crippen LogP contribution in [0.3, 0.4) is 0 Å². The molecule has 0 aliphatic heterocycles. The summed E-state index contributed by atoms with van der Waals surface area (Å²) in [6.45, 7) is -0.319. The summed E-state index contributed by atoms with van der Waals surface area (Å²) in [5.74, 6) is -0.505. The molecule has 0 saturated carbocycles. The Morgan fingerprint density at radius 2 is 1.95 bits per heavy atom. The van der Waals surface area contributed by atoms with E-state index in [9.17, 15) is 19.6 Å². The van der Waals surface area contributed by atoms with Gasteiger partial charge in [0.1, 0.15) is 5.82 Å². The maximum Gasteiger partial charge on any atom is 0.283 e. The first-order valence-corrected chi connectivity index (χ1v) is 6.24. The van der Waals surface area contributed by atoms with Gasteiger partial charge in [0, 0.05) is 6.07 Å². The highest BCUT2D eigenvalue weighted by molar-refractivity contribution is 7.99. The van der Waals surface area contributed by atoms with Gasteiger partial charge < -0.3 is 5.11 Å². The van der Waals surface area contributed by atoms with Gasteiger partial charge in [-0.25, -0.2) is 4.39 Å². The van der Waals surface area contributed by atoms with Crippen molar-refractivity contribution in [3.05, 3.63) is 64.0 Å². The fraction of sp³-hybridized carbons (Fsp3) is 0.0769. The fourth-order valence-corrected chi connectivity index (χ4v) is 2.64. The summed E-state index contributed by atoms with van der Waals surface area (Å²) < 4.78 is 13.8. The van der Waals surface area contributed by atoms with Gasteiger partial charge in [0.15, 0.2) is 0 Å². The van der Waals surface area contributed by atoms with E-state index < -0.39 is 10.7 Å². The van der Waals surface area contributed by atoms with E-state index >= 15 is 0 Å². The topological polar surface area (TPSA) is 63.4 Å². The number of nitrogens with zero attached hydrogens (tertiary/aromatic N) is 1. The summed E-state index contributed by atoms with van der Waals surface area (Å²) in [5, 5.41) is 20.1. The molecule has 0 atom stereocenters. The Labute approximate surface area is 113 Å². The lowest BCUT2D eigenvalue weighted by molar-refractivity contribution is -0.387. The maximum atomic E-state index is 13.8. The highest BCUT2D eigenvalue weighted by Gasteiger charge is 2.17. The number of nitro benzene ring substituents is 1. The number of benzene rings is 2. The molecule has 0 aliphatic carbocycles. The number of aliphatic hydroxyl groups is 1. The summed E-state index contributed by atoms with van der Waals surface area (Å²) in [5.41, 5.74) is 0.322. The number of rotatable bonds is 4. The van der Waals surface area contributed by atoms with Gasteiger partial charge in [0.2, 0.25) is 0 Å². The first-order valence-electron chi connectivity index (χ1n) is 5.43. The molecule has 4 nitrogen and oxygen atoms in total. The number of hydrogen-bond acceptors (Lipinski definition) is 4. The molecule has 0 spiro atoms. The van der Waals surface area contributed by atoms with E-state index in [4.69, 9.17) is 0 Å². The van der Waals surface area contributed by atoms with Crippen LogP contribution in [0.25, 0.3) is 0 Å². The zero-order chi connectivity index (χ0) is 13.8. The van der Waals surface area contributed by atoms with Crippen LogP contribution in [0.1, 0.15) is 5.56 Å². The molecule has 2 rings (SSSR count). The Balaban J connectivity index is 2.45. The van der Waals surface area contributed by atoms with E-state index in [-0.39, 0.29) is 17.2 Å². The van der Waals surface area contributed by atoms with E-state index in [1.54, 1.807) is 24.3 Å². The summed E-state index contributed by atoms with van der Waals surface area (Å²) in [7, 11) is 0. The monoisotopic (exact) mass is 279 g/mol. The van der Waals surface area contributed by atoms with Crippen molar-refractivity contribution in [1.29, 1.82) is 0 Å². The first kappa shape index (κ1) is 13.5. The van der Waals surface area contributed by atoms with Crippen molar-refractivity contribution in [2.24, 2.45) is 0 Å². The Bertz CT molecular complexity index is 619. The molecule has 6 heteroatoms. The minimum Gasteiger partial charge on any atom is -0.392 e. The van der Waals surface area contributed by atoms with Crippen molar-refractivity contribution < 1.29 is 14.4 Å². The lowest BCUT2D eigenvalue weighted by Gasteiger charge is -2.08. The molecular formula is C13H10FNO3S. The Hall–Kier alpha value is -1.92. The third kappa shape index (κ3) is 2.91. The second kappa shape index (κ2) is 5.81. The lowest BCUT2D eigenvalue weighted by atomic mass is 10.2. The van der Waals surface area contributed by atoms with Gasteiger partial charge >= 0.3 is 0 Å². The highest BCUT2D eigenvalue weighted by Crippen LogP contribution is 2.37. The number of halogens is 1. The minimum atomic E-state index is -0.512. The van der Waals surface area contributed by atoms with Crippen LogP contribution in [-0.4, -0.2) is 10.0 Å². The van der Waals surface area contributed by atoms with Gasteiger partial charge in [-0.05, 0) is 17.7 Å². The quantitative estimate of drug-likeness (QED) is 0.688. The first-order chi connectivity index (χ1) is 9.13. The molecule has 1 N–H and O–H groups in total. The van der Waals surface area contributed by atoms with Gasteiger partial charge in [0.05, 0.1) is 21.3 Å². The van der Waals surface area contributed by atoms with Crippen molar-refractivity contribution in [2.75, 3.05) is 0 Å². The number of hydrogen-bond donors (Lipinski definition) is 1. The van der Waals surface area contributed by atoms with Crippen molar-refractivity contribution in [1.82, 2.24) is 0 Å². The van der Waals surface area contributed by atoms with Gasteiger partial charge in [-0.3, -0.25) is 10.1 Å². The van der Waals surface area contributed by atoms with Crippen LogP contribution in [-0.2, 0) is 6.61 Å². The summed E-state index contributed by atoms with van der Waals surface area (Å²) >= 11 is 0.944. The van der Waals surface area contributed by atoms with Gasteiger partial charge in [-0.15, -0.1) is 0 Å². The van der Waals surface area contributed by atoms with Crippen LogP contribution in [0, 0.1) is 15.9 Å². The molecule has 0 radical (unpaired) electrons. The second-order valence-electron chi connectivity index (χ2n) is 3.71. The second-order valence-corrected chi connectivity index (χ2v) is 4.77. The van der Waals surface area contributed by atoms with E-state index in [0.29, 0.717) is 10.5 Å². The summed E-state index contributed by atoms with van der Waals surface area (Å²) in [6, 6.07) is 10.4. The van der Waals surface area contributed by atoms with Crippen molar-refractivity contribution >= 4 is 17.4 Å². The number of para-hydroxylation sites is 1. The Morgan fingerprint density at radius 3 is 2.63 bits per heavy atom. The van der Waals surface area contributed by atoms with Crippen molar-refractivity contribution in [3.63, 3.8) is 0 Å². The Kier molecular flexibility index (Phi) is 4.13. The molecule has 0 amide bonds. The van der Waals surface area contributed by atoms with Crippen LogP contribution in [0.2, 0.25) is 0 Å². The molecule has 0 saturated heterocycles. The van der Waals surface area contributed by atoms with Crippen LogP contribution >= 0.6 is 11.8 Å². The molecule has 2 aromatic rings. The zero-order valence-corrected chi connectivity index (χ0v) is 10.6. The van der Waals surface area contributed by atoms with Crippen LogP contribution in [0.15, 0.2) is 52.3 Å². The van der Waals surface area contributed by atoms with E-state index in [1.807, 2.05) is 0 Å². The van der Waals surface area contributed by atoms with E-state index in [0.717, 1.165) is 11.8 Å². The molecule has 0 unspecified atom stereocenters. The molecule has 98 valence electrons. The van der Waals surface area contributed by atoms with Crippen molar-refractivity contribution in [3.8, 4) is 0 Å². The average molecular weight is 279 g/mol. The lowest BCUT2D eigenvalue weighted by Crippen LogP contribution is -1.94. The maximum absolute atomic E-state index is 13.8. The molecule has 0 fully saturated rings. The highest BCUT2D eigenvalue weighted by atomic mass is 32.2. The third-order valence-electron chi connectivity index (χ3n) is 2.49. The Morgan fingerprint density at radius 1 is 1.21 bits per heavy atom. The van der Waals surface area contributed by atoms with Gasteiger partial charge in [-0.1, -0.05) is 36.0 Å². The van der Waals surface area contributed by atoms with Crippen molar-refractivity contribution in [2.45, 2.75) is 16.4 Å². The van der Waals surface area contributed by atoms with Gasteiger partial charge in [-0.2, -0.15) is 0 Å². The summed E-state index contributed by atoms with van der Waals surface area (Å²) in [4.78, 5) is 10.9. The predicted octanol–water partition coefficient (Wildman–Crippen LogP) is 3.38. The smallest absolute Gasteiger partial charge is 0.283 e. The molecular weight excluding hydrogens is 269 g/mol. The number of nitro groups is 1. The molecule has 0 heterocycles. The summed E-state index contributed by atoms with van der Waals surface area (Å²) in [6.07, 6.45) is 0. The molecule has 0 aromatic heterocycles. The average Bonchev–Trinajstić information content (AvgIpc) is 2.41. The SMILES string of the molecule is O=[N+]([O-])c1ccccc1Sc1c(F)cccc1CO. The third-order valence-corrected chi connectivity index (χ3v) is 3.72.